The Bertz CT molecular complexity index is 129. The minimum atomic E-state index is 0.992. The van der Waals surface area contributed by atoms with Gasteiger partial charge in [0.15, 0.2) is 0 Å². The second-order valence-corrected chi connectivity index (χ2v) is 6.35. The topological polar surface area (TPSA) is 0 Å². The maximum atomic E-state index is 2.70. The van der Waals surface area contributed by atoms with Gasteiger partial charge in [0, 0.05) is 3.92 Å². The zero-order chi connectivity index (χ0) is 8.55. The normalized spacial score (nSPS) is 48.5. The van der Waals surface area contributed by atoms with Crippen LogP contribution in [0.5, 0.6) is 0 Å². The van der Waals surface area contributed by atoms with Crippen LogP contribution < -0.4 is 0 Å². The van der Waals surface area contributed by atoms with Gasteiger partial charge in [-0.25, -0.2) is 0 Å². The lowest BCUT2D eigenvalue weighted by molar-refractivity contribution is 0.174. The van der Waals surface area contributed by atoms with E-state index in [0.29, 0.717) is 0 Å². The summed E-state index contributed by atoms with van der Waals surface area (Å²) in [6, 6.07) is 0. The van der Waals surface area contributed by atoms with Gasteiger partial charge in [-0.2, -0.15) is 0 Å². The van der Waals surface area contributed by atoms with E-state index in [2.05, 4.69) is 29.5 Å². The summed E-state index contributed by atoms with van der Waals surface area (Å²) in [5.41, 5.74) is 0. The molecule has 0 aromatic rings. The van der Waals surface area contributed by atoms with Crippen molar-refractivity contribution in [2.24, 2.45) is 17.8 Å². The molecule has 12 heavy (non-hydrogen) atoms. The van der Waals surface area contributed by atoms with Crippen LogP contribution in [0.25, 0.3) is 0 Å². The van der Waals surface area contributed by atoms with Crippen LogP contribution in [0, 0.1) is 17.8 Å². The van der Waals surface area contributed by atoms with Gasteiger partial charge in [-0.3, -0.25) is 0 Å². The molecule has 0 aromatic carbocycles. The average molecular weight is 278 g/mol. The predicted octanol–water partition coefficient (Wildman–Crippen LogP) is 4.03. The molecular formula is C11H19I. The third-order valence-electron chi connectivity index (χ3n) is 4.03. The summed E-state index contributed by atoms with van der Waals surface area (Å²) in [6.45, 7) is 2.47. The standard InChI is InChI=1S/C11H19I/c1-8-2-7-11(12)10-5-3-9(8)4-6-10/h8-11H,2-7H2,1H3. The SMILES string of the molecule is CC1CCC(I)C2CCC1CC2. The summed E-state index contributed by atoms with van der Waals surface area (Å²) < 4.78 is 0.992. The van der Waals surface area contributed by atoms with Gasteiger partial charge in [0.25, 0.3) is 0 Å². The molecule has 0 nitrogen and oxygen atoms in total. The number of hydrogen-bond acceptors (Lipinski definition) is 0. The monoisotopic (exact) mass is 278 g/mol. The molecule has 0 radical (unpaired) electrons. The fourth-order valence-corrected chi connectivity index (χ4v) is 4.05. The summed E-state index contributed by atoms with van der Waals surface area (Å²) in [5.74, 6) is 3.18. The summed E-state index contributed by atoms with van der Waals surface area (Å²) in [4.78, 5) is 0. The van der Waals surface area contributed by atoms with Crippen LogP contribution in [0.3, 0.4) is 0 Å². The highest BCUT2D eigenvalue weighted by Gasteiger charge is 2.31. The largest absolute Gasteiger partial charge is 0.0823 e. The fourth-order valence-electron chi connectivity index (χ4n) is 2.97. The zero-order valence-electron chi connectivity index (χ0n) is 7.93. The summed E-state index contributed by atoms with van der Waals surface area (Å²) in [7, 11) is 0. The third-order valence-corrected chi connectivity index (χ3v) is 5.67. The molecule has 3 rings (SSSR count). The lowest BCUT2D eigenvalue weighted by Crippen LogP contribution is -2.29. The molecule has 3 fully saturated rings. The van der Waals surface area contributed by atoms with E-state index in [4.69, 9.17) is 0 Å². The molecule has 0 saturated heterocycles. The second-order valence-electron chi connectivity index (χ2n) is 4.75. The summed E-state index contributed by atoms with van der Waals surface area (Å²) in [6.07, 6.45) is 9.11. The van der Waals surface area contributed by atoms with Crippen LogP contribution in [-0.4, -0.2) is 3.92 Å². The lowest BCUT2D eigenvalue weighted by atomic mass is 9.70. The van der Waals surface area contributed by atoms with Gasteiger partial charge < -0.3 is 0 Å². The molecule has 0 spiro atoms. The van der Waals surface area contributed by atoms with Gasteiger partial charge in [-0.15, -0.1) is 0 Å². The van der Waals surface area contributed by atoms with Crippen molar-refractivity contribution in [2.75, 3.05) is 0 Å². The average Bonchev–Trinajstić information content (AvgIpc) is 2.12. The Morgan fingerprint density at radius 1 is 0.833 bits per heavy atom. The van der Waals surface area contributed by atoms with Crippen molar-refractivity contribution in [3.8, 4) is 0 Å². The van der Waals surface area contributed by atoms with Gasteiger partial charge in [-0.05, 0) is 56.3 Å². The van der Waals surface area contributed by atoms with Crippen molar-refractivity contribution in [1.29, 1.82) is 0 Å². The van der Waals surface area contributed by atoms with E-state index in [0.717, 1.165) is 21.7 Å². The van der Waals surface area contributed by atoms with Crippen LogP contribution in [-0.2, 0) is 0 Å². The Labute approximate surface area is 89.6 Å². The van der Waals surface area contributed by atoms with Gasteiger partial charge in [-0.1, -0.05) is 29.5 Å². The molecule has 0 amide bonds. The molecule has 70 valence electrons. The molecule has 1 heteroatoms. The number of alkyl halides is 1. The van der Waals surface area contributed by atoms with E-state index in [1.165, 1.54) is 38.5 Å². The smallest absolute Gasteiger partial charge is 0.0138 e. The van der Waals surface area contributed by atoms with Crippen molar-refractivity contribution in [3.63, 3.8) is 0 Å². The van der Waals surface area contributed by atoms with E-state index in [9.17, 15) is 0 Å². The Morgan fingerprint density at radius 2 is 1.42 bits per heavy atom. The molecule has 2 bridgehead atoms. The van der Waals surface area contributed by atoms with Gasteiger partial charge in [0.05, 0.1) is 0 Å². The molecule has 0 aromatic heterocycles. The minimum absolute atomic E-state index is 0.992. The van der Waals surface area contributed by atoms with Crippen molar-refractivity contribution < 1.29 is 0 Å². The summed E-state index contributed by atoms with van der Waals surface area (Å²) >= 11 is 2.70. The van der Waals surface area contributed by atoms with Crippen LogP contribution in [0.1, 0.15) is 45.4 Å². The van der Waals surface area contributed by atoms with Gasteiger partial charge >= 0.3 is 0 Å². The first-order chi connectivity index (χ1) is 5.77. The lowest BCUT2D eigenvalue weighted by Gasteiger charge is -2.38. The first-order valence-corrected chi connectivity index (χ1v) is 6.66. The number of hydrogen-bond donors (Lipinski definition) is 0. The first kappa shape index (κ1) is 9.29. The minimum Gasteiger partial charge on any atom is -0.0823 e. The Hall–Kier alpha value is 0.730. The molecule has 3 aliphatic carbocycles. The van der Waals surface area contributed by atoms with E-state index in [-0.39, 0.29) is 0 Å². The van der Waals surface area contributed by atoms with Crippen molar-refractivity contribution in [2.45, 2.75) is 49.4 Å². The summed E-state index contributed by atoms with van der Waals surface area (Å²) in [5, 5.41) is 0. The predicted molar refractivity (Wildman–Crippen MR) is 61.7 cm³/mol. The third kappa shape index (κ3) is 1.80. The quantitative estimate of drug-likeness (QED) is 0.463. The maximum Gasteiger partial charge on any atom is 0.0138 e. The molecule has 3 aliphatic rings. The zero-order valence-corrected chi connectivity index (χ0v) is 10.1. The number of halogens is 1. The highest BCUT2D eigenvalue weighted by molar-refractivity contribution is 14.1. The molecule has 0 aliphatic heterocycles. The van der Waals surface area contributed by atoms with Gasteiger partial charge in [0.1, 0.15) is 0 Å². The molecule has 0 heterocycles. The Balaban J connectivity index is 2.04. The molecule has 2 unspecified atom stereocenters. The molecule has 2 atom stereocenters. The van der Waals surface area contributed by atoms with Crippen LogP contribution in [0.15, 0.2) is 0 Å². The number of rotatable bonds is 0. The van der Waals surface area contributed by atoms with E-state index in [1.807, 2.05) is 0 Å². The Kier molecular flexibility index (Phi) is 2.98. The highest BCUT2D eigenvalue weighted by atomic mass is 127. The molecule has 0 N–H and O–H groups in total. The van der Waals surface area contributed by atoms with E-state index < -0.39 is 0 Å². The number of fused-ring (bicyclic) bond motifs is 5. The highest BCUT2D eigenvalue weighted by Crippen LogP contribution is 2.42. The van der Waals surface area contributed by atoms with Crippen molar-refractivity contribution >= 4 is 22.6 Å². The first-order valence-electron chi connectivity index (χ1n) is 5.41. The van der Waals surface area contributed by atoms with E-state index in [1.54, 1.807) is 0 Å². The Morgan fingerprint density at radius 3 is 2.08 bits per heavy atom. The van der Waals surface area contributed by atoms with Crippen LogP contribution in [0.2, 0.25) is 0 Å². The van der Waals surface area contributed by atoms with Crippen LogP contribution in [0.4, 0.5) is 0 Å². The van der Waals surface area contributed by atoms with Gasteiger partial charge in [0.2, 0.25) is 0 Å². The second kappa shape index (κ2) is 3.85. The molecular weight excluding hydrogens is 259 g/mol. The maximum absolute atomic E-state index is 2.70. The van der Waals surface area contributed by atoms with Crippen molar-refractivity contribution in [1.82, 2.24) is 0 Å². The molecule has 3 saturated carbocycles. The van der Waals surface area contributed by atoms with E-state index >= 15 is 0 Å². The van der Waals surface area contributed by atoms with Crippen molar-refractivity contribution in [3.05, 3.63) is 0 Å². The van der Waals surface area contributed by atoms with Crippen LogP contribution >= 0.6 is 22.6 Å². The fraction of sp³-hybridized carbons (Fsp3) is 1.00.